The van der Waals surface area contributed by atoms with Crippen molar-refractivity contribution >= 4 is 17.6 Å². The molecule has 112 valence electrons. The SMILES string of the molecule is Cc1nocc1COC(=O)c1cc(C(F)(F)F)cnc1Cl. The van der Waals surface area contributed by atoms with Crippen LogP contribution in [0.4, 0.5) is 13.2 Å². The van der Waals surface area contributed by atoms with Crippen molar-refractivity contribution < 1.29 is 27.2 Å². The minimum Gasteiger partial charge on any atom is -0.457 e. The largest absolute Gasteiger partial charge is 0.457 e. The monoisotopic (exact) mass is 320 g/mol. The number of aryl methyl sites for hydroxylation is 1. The third kappa shape index (κ3) is 3.52. The van der Waals surface area contributed by atoms with E-state index >= 15 is 0 Å². The van der Waals surface area contributed by atoms with Crippen molar-refractivity contribution in [3.05, 3.63) is 46.1 Å². The van der Waals surface area contributed by atoms with Crippen molar-refractivity contribution in [2.75, 3.05) is 0 Å². The highest BCUT2D eigenvalue weighted by Gasteiger charge is 2.32. The van der Waals surface area contributed by atoms with Crippen LogP contribution in [-0.2, 0) is 17.5 Å². The van der Waals surface area contributed by atoms with Crippen molar-refractivity contribution in [2.45, 2.75) is 19.7 Å². The molecule has 0 saturated heterocycles. The number of halogens is 4. The quantitative estimate of drug-likeness (QED) is 0.640. The maximum absolute atomic E-state index is 12.6. The molecule has 0 N–H and O–H groups in total. The van der Waals surface area contributed by atoms with E-state index in [1.807, 2.05) is 0 Å². The van der Waals surface area contributed by atoms with Gasteiger partial charge in [0.2, 0.25) is 0 Å². The summed E-state index contributed by atoms with van der Waals surface area (Å²) in [7, 11) is 0. The molecule has 0 spiro atoms. The Balaban J connectivity index is 2.17. The molecule has 0 aliphatic heterocycles. The molecule has 0 unspecified atom stereocenters. The van der Waals surface area contributed by atoms with Gasteiger partial charge in [0.1, 0.15) is 18.0 Å². The third-order valence-corrected chi connectivity index (χ3v) is 2.90. The van der Waals surface area contributed by atoms with Crippen molar-refractivity contribution in [1.82, 2.24) is 10.1 Å². The molecule has 0 saturated carbocycles. The van der Waals surface area contributed by atoms with Crippen molar-refractivity contribution in [2.24, 2.45) is 0 Å². The molecule has 0 atom stereocenters. The number of hydrogen-bond donors (Lipinski definition) is 0. The summed E-state index contributed by atoms with van der Waals surface area (Å²) in [5.74, 6) is -1.01. The van der Waals surface area contributed by atoms with E-state index in [2.05, 4.69) is 14.7 Å². The van der Waals surface area contributed by atoms with Crippen LogP contribution < -0.4 is 0 Å². The van der Waals surface area contributed by atoms with Crippen molar-refractivity contribution in [3.63, 3.8) is 0 Å². The Kier molecular flexibility index (Phi) is 4.17. The first-order valence-electron chi connectivity index (χ1n) is 5.58. The van der Waals surface area contributed by atoms with E-state index in [4.69, 9.17) is 16.3 Å². The zero-order chi connectivity index (χ0) is 15.6. The molecule has 9 heteroatoms. The number of alkyl halides is 3. The number of carbonyl (C=O) groups excluding carboxylic acids is 1. The lowest BCUT2D eigenvalue weighted by atomic mass is 10.2. The van der Waals surface area contributed by atoms with Crippen LogP contribution in [0.3, 0.4) is 0 Å². The summed E-state index contributed by atoms with van der Waals surface area (Å²) in [4.78, 5) is 15.1. The van der Waals surface area contributed by atoms with Crippen molar-refractivity contribution in [1.29, 1.82) is 0 Å². The van der Waals surface area contributed by atoms with Crippen LogP contribution >= 0.6 is 11.6 Å². The molecule has 2 heterocycles. The number of nitrogens with zero attached hydrogens (tertiary/aromatic N) is 2. The molecule has 2 aromatic rings. The topological polar surface area (TPSA) is 65.2 Å². The van der Waals surface area contributed by atoms with Gasteiger partial charge in [0, 0.05) is 6.20 Å². The molecule has 0 bridgehead atoms. The number of esters is 1. The summed E-state index contributed by atoms with van der Waals surface area (Å²) in [6, 6.07) is 0.595. The van der Waals surface area contributed by atoms with Gasteiger partial charge in [0.25, 0.3) is 0 Å². The number of ether oxygens (including phenoxy) is 1. The maximum Gasteiger partial charge on any atom is 0.417 e. The molecule has 21 heavy (non-hydrogen) atoms. The highest BCUT2D eigenvalue weighted by molar-refractivity contribution is 6.32. The molecule has 0 amide bonds. The molecular formula is C12H8ClF3N2O3. The van der Waals surface area contributed by atoms with Gasteiger partial charge in [-0.25, -0.2) is 9.78 Å². The molecular weight excluding hydrogens is 313 g/mol. The van der Waals surface area contributed by atoms with Crippen LogP contribution in [0.1, 0.15) is 27.2 Å². The lowest BCUT2D eigenvalue weighted by Crippen LogP contribution is -2.11. The highest BCUT2D eigenvalue weighted by Crippen LogP contribution is 2.30. The van der Waals surface area contributed by atoms with E-state index in [1.54, 1.807) is 6.92 Å². The Morgan fingerprint density at radius 2 is 2.19 bits per heavy atom. The fraction of sp³-hybridized carbons (Fsp3) is 0.250. The molecule has 0 aliphatic carbocycles. The summed E-state index contributed by atoms with van der Waals surface area (Å²) < 4.78 is 47.2. The average molecular weight is 321 g/mol. The van der Waals surface area contributed by atoms with E-state index in [-0.39, 0.29) is 11.8 Å². The fourth-order valence-electron chi connectivity index (χ4n) is 1.42. The molecule has 0 aromatic carbocycles. The Morgan fingerprint density at radius 1 is 1.48 bits per heavy atom. The molecule has 2 rings (SSSR count). The van der Waals surface area contributed by atoms with Gasteiger partial charge in [-0.05, 0) is 13.0 Å². The molecule has 0 aliphatic rings. The van der Waals surface area contributed by atoms with Gasteiger partial charge in [-0.3, -0.25) is 0 Å². The van der Waals surface area contributed by atoms with E-state index in [0.717, 1.165) is 0 Å². The number of rotatable bonds is 3. The minimum absolute atomic E-state index is 0.194. The van der Waals surface area contributed by atoms with Gasteiger partial charge in [0.05, 0.1) is 22.4 Å². The Hall–Kier alpha value is -2.09. The zero-order valence-corrected chi connectivity index (χ0v) is 11.3. The average Bonchev–Trinajstić information content (AvgIpc) is 2.80. The summed E-state index contributed by atoms with van der Waals surface area (Å²) in [5, 5.41) is 3.21. The fourth-order valence-corrected chi connectivity index (χ4v) is 1.60. The van der Waals surface area contributed by atoms with Crippen LogP contribution in [0, 0.1) is 6.92 Å². The number of pyridine rings is 1. The summed E-state index contributed by atoms with van der Waals surface area (Å²) >= 11 is 5.62. The first kappa shape index (κ1) is 15.3. The standard InChI is InChI=1S/C12H8ClF3N2O3/c1-6-7(5-21-18-6)4-20-11(19)9-2-8(12(14,15)16)3-17-10(9)13/h2-3,5H,4H2,1H3. The van der Waals surface area contributed by atoms with Crippen LogP contribution in [0.25, 0.3) is 0 Å². The Morgan fingerprint density at radius 3 is 2.76 bits per heavy atom. The third-order valence-electron chi connectivity index (χ3n) is 2.59. The lowest BCUT2D eigenvalue weighted by Gasteiger charge is -2.09. The number of aromatic nitrogens is 2. The zero-order valence-electron chi connectivity index (χ0n) is 10.6. The van der Waals surface area contributed by atoms with Gasteiger partial charge >= 0.3 is 12.1 Å². The molecule has 0 radical (unpaired) electrons. The summed E-state index contributed by atoms with van der Waals surface area (Å²) in [5.41, 5.74) is -0.531. The summed E-state index contributed by atoms with van der Waals surface area (Å²) in [6.45, 7) is 1.44. The molecule has 0 fully saturated rings. The Bertz CT molecular complexity index is 670. The van der Waals surface area contributed by atoms with Gasteiger partial charge in [-0.1, -0.05) is 16.8 Å². The highest BCUT2D eigenvalue weighted by atomic mass is 35.5. The second-order valence-electron chi connectivity index (χ2n) is 4.06. The van der Waals surface area contributed by atoms with Crippen LogP contribution in [0.2, 0.25) is 5.15 Å². The normalized spacial score (nSPS) is 11.5. The minimum atomic E-state index is -4.63. The predicted molar refractivity (Wildman–Crippen MR) is 64.6 cm³/mol. The van der Waals surface area contributed by atoms with Gasteiger partial charge in [-0.2, -0.15) is 13.2 Å². The van der Waals surface area contributed by atoms with Crippen LogP contribution in [0.15, 0.2) is 23.0 Å². The van der Waals surface area contributed by atoms with Gasteiger partial charge in [0.15, 0.2) is 0 Å². The molecule has 5 nitrogen and oxygen atoms in total. The van der Waals surface area contributed by atoms with Crippen LogP contribution in [0.5, 0.6) is 0 Å². The maximum atomic E-state index is 12.6. The van der Waals surface area contributed by atoms with Gasteiger partial charge in [-0.15, -0.1) is 0 Å². The van der Waals surface area contributed by atoms with E-state index in [9.17, 15) is 18.0 Å². The number of carbonyl (C=O) groups is 1. The summed E-state index contributed by atoms with van der Waals surface area (Å²) in [6.07, 6.45) is -2.81. The number of hydrogen-bond acceptors (Lipinski definition) is 5. The van der Waals surface area contributed by atoms with Gasteiger partial charge < -0.3 is 9.26 Å². The first-order chi connectivity index (χ1) is 9.79. The second kappa shape index (κ2) is 5.72. The van der Waals surface area contributed by atoms with Crippen molar-refractivity contribution in [3.8, 4) is 0 Å². The predicted octanol–water partition coefficient (Wildman–Crippen LogP) is 3.41. The van der Waals surface area contributed by atoms with E-state index in [1.165, 1.54) is 6.26 Å². The van der Waals surface area contributed by atoms with E-state index in [0.29, 0.717) is 23.5 Å². The Labute approximate surface area is 121 Å². The lowest BCUT2D eigenvalue weighted by molar-refractivity contribution is -0.137. The first-order valence-corrected chi connectivity index (χ1v) is 5.96. The van der Waals surface area contributed by atoms with E-state index < -0.39 is 23.3 Å². The smallest absolute Gasteiger partial charge is 0.417 e. The molecule has 2 aromatic heterocycles. The second-order valence-corrected chi connectivity index (χ2v) is 4.42. The van der Waals surface area contributed by atoms with Crippen LogP contribution in [-0.4, -0.2) is 16.1 Å².